The first-order chi connectivity index (χ1) is 7.16. The molecule has 0 aliphatic carbocycles. The Morgan fingerprint density at radius 1 is 1.27 bits per heavy atom. The fraction of sp³-hybridized carbons (Fsp3) is 0.182. The van der Waals surface area contributed by atoms with Gasteiger partial charge in [-0.1, -0.05) is 29.3 Å². The number of aryl methyl sites for hydroxylation is 1. The van der Waals surface area contributed by atoms with Gasteiger partial charge in [-0.25, -0.2) is 4.98 Å². The fourth-order valence-corrected chi connectivity index (χ4v) is 1.96. The predicted molar refractivity (Wildman–Crippen MR) is 62.6 cm³/mol. The van der Waals surface area contributed by atoms with Gasteiger partial charge in [0.25, 0.3) is 0 Å². The Balaban J connectivity index is 2.31. The molecule has 0 atom stereocenters. The Kier molecular flexibility index (Phi) is 2.98. The fourth-order valence-electron chi connectivity index (χ4n) is 1.43. The highest BCUT2D eigenvalue weighted by Gasteiger charge is 2.07. The van der Waals surface area contributed by atoms with Crippen molar-refractivity contribution in [1.82, 2.24) is 9.97 Å². The van der Waals surface area contributed by atoms with E-state index in [4.69, 9.17) is 23.2 Å². The van der Waals surface area contributed by atoms with Gasteiger partial charge < -0.3 is 4.98 Å². The van der Waals surface area contributed by atoms with E-state index in [9.17, 15) is 0 Å². The van der Waals surface area contributed by atoms with Crippen LogP contribution in [0.2, 0.25) is 10.0 Å². The van der Waals surface area contributed by atoms with Crippen LogP contribution in [-0.4, -0.2) is 9.97 Å². The van der Waals surface area contributed by atoms with Gasteiger partial charge in [0, 0.05) is 28.4 Å². The summed E-state index contributed by atoms with van der Waals surface area (Å²) < 4.78 is 0. The van der Waals surface area contributed by atoms with E-state index in [0.717, 1.165) is 17.1 Å². The van der Waals surface area contributed by atoms with Crippen LogP contribution in [0.15, 0.2) is 24.4 Å². The predicted octanol–water partition coefficient (Wildman–Crippen LogP) is 3.62. The standard InChI is InChI=1S/C11H10Cl2N2/c1-7-6-14-11(15-7)5-8-9(12)3-2-4-10(8)13/h2-4,6H,5H2,1H3,(H,14,15). The summed E-state index contributed by atoms with van der Waals surface area (Å²) in [6, 6.07) is 5.50. The Bertz CT molecular complexity index is 457. The van der Waals surface area contributed by atoms with Crippen molar-refractivity contribution in [2.75, 3.05) is 0 Å². The Morgan fingerprint density at radius 3 is 2.47 bits per heavy atom. The van der Waals surface area contributed by atoms with E-state index >= 15 is 0 Å². The number of H-pyrrole nitrogens is 1. The van der Waals surface area contributed by atoms with Crippen LogP contribution in [0.25, 0.3) is 0 Å². The zero-order valence-electron chi connectivity index (χ0n) is 8.22. The first kappa shape index (κ1) is 10.5. The quantitative estimate of drug-likeness (QED) is 0.854. The third-order valence-corrected chi connectivity index (χ3v) is 2.87. The number of hydrogen-bond acceptors (Lipinski definition) is 1. The SMILES string of the molecule is Cc1cnc(Cc2c(Cl)cccc2Cl)[nH]1. The summed E-state index contributed by atoms with van der Waals surface area (Å²) in [7, 11) is 0. The van der Waals surface area contributed by atoms with Gasteiger partial charge in [-0.3, -0.25) is 0 Å². The zero-order chi connectivity index (χ0) is 10.8. The van der Waals surface area contributed by atoms with Gasteiger partial charge in [-0.05, 0) is 24.6 Å². The zero-order valence-corrected chi connectivity index (χ0v) is 9.73. The third-order valence-electron chi connectivity index (χ3n) is 2.16. The van der Waals surface area contributed by atoms with E-state index < -0.39 is 0 Å². The van der Waals surface area contributed by atoms with Gasteiger partial charge in [0.15, 0.2) is 0 Å². The van der Waals surface area contributed by atoms with E-state index in [-0.39, 0.29) is 0 Å². The van der Waals surface area contributed by atoms with Gasteiger partial charge in [0.1, 0.15) is 5.82 Å². The number of imidazole rings is 1. The maximum Gasteiger partial charge on any atom is 0.110 e. The van der Waals surface area contributed by atoms with Crippen LogP contribution in [0.5, 0.6) is 0 Å². The van der Waals surface area contributed by atoms with Crippen LogP contribution in [0, 0.1) is 6.92 Å². The Labute approximate surface area is 98.3 Å². The summed E-state index contributed by atoms with van der Waals surface area (Å²) >= 11 is 12.1. The molecule has 0 spiro atoms. The smallest absolute Gasteiger partial charge is 0.110 e. The van der Waals surface area contributed by atoms with Crippen molar-refractivity contribution in [3.8, 4) is 0 Å². The normalized spacial score (nSPS) is 10.6. The summed E-state index contributed by atoms with van der Waals surface area (Å²) in [6.45, 7) is 1.96. The molecule has 2 aromatic rings. The summed E-state index contributed by atoms with van der Waals surface area (Å²) in [5, 5.41) is 1.35. The van der Waals surface area contributed by atoms with Gasteiger partial charge >= 0.3 is 0 Å². The maximum atomic E-state index is 6.06. The summed E-state index contributed by atoms with van der Waals surface area (Å²) in [5.41, 5.74) is 1.95. The molecule has 2 rings (SSSR count). The summed E-state index contributed by atoms with van der Waals surface area (Å²) in [6.07, 6.45) is 2.42. The van der Waals surface area contributed by atoms with Crippen molar-refractivity contribution in [3.63, 3.8) is 0 Å². The molecule has 0 amide bonds. The Morgan fingerprint density at radius 2 is 1.93 bits per heavy atom. The topological polar surface area (TPSA) is 28.7 Å². The van der Waals surface area contributed by atoms with Crippen LogP contribution >= 0.6 is 23.2 Å². The van der Waals surface area contributed by atoms with E-state index in [2.05, 4.69) is 9.97 Å². The lowest BCUT2D eigenvalue weighted by Gasteiger charge is -2.04. The van der Waals surface area contributed by atoms with Crippen molar-refractivity contribution in [2.45, 2.75) is 13.3 Å². The van der Waals surface area contributed by atoms with E-state index in [1.165, 1.54) is 0 Å². The molecule has 1 N–H and O–H groups in total. The van der Waals surface area contributed by atoms with E-state index in [0.29, 0.717) is 16.5 Å². The lowest BCUT2D eigenvalue weighted by atomic mass is 10.1. The highest BCUT2D eigenvalue weighted by molar-refractivity contribution is 6.36. The molecule has 0 saturated carbocycles. The number of hydrogen-bond donors (Lipinski definition) is 1. The second kappa shape index (κ2) is 4.25. The molecule has 1 heterocycles. The molecular formula is C11H10Cl2N2. The Hall–Kier alpha value is -0.990. The molecular weight excluding hydrogens is 231 g/mol. The van der Waals surface area contributed by atoms with Crippen LogP contribution < -0.4 is 0 Å². The van der Waals surface area contributed by atoms with Crippen molar-refractivity contribution in [2.24, 2.45) is 0 Å². The highest BCUT2D eigenvalue weighted by Crippen LogP contribution is 2.25. The highest BCUT2D eigenvalue weighted by atomic mass is 35.5. The molecule has 1 aromatic heterocycles. The number of nitrogens with zero attached hydrogens (tertiary/aromatic N) is 1. The van der Waals surface area contributed by atoms with Gasteiger partial charge in [-0.15, -0.1) is 0 Å². The molecule has 78 valence electrons. The number of aromatic amines is 1. The number of nitrogens with one attached hydrogen (secondary N) is 1. The number of rotatable bonds is 2. The molecule has 0 radical (unpaired) electrons. The van der Waals surface area contributed by atoms with Crippen LogP contribution in [0.1, 0.15) is 17.1 Å². The average molecular weight is 241 g/mol. The monoisotopic (exact) mass is 240 g/mol. The molecule has 1 aromatic carbocycles. The molecule has 0 unspecified atom stereocenters. The second-order valence-electron chi connectivity index (χ2n) is 3.39. The second-order valence-corrected chi connectivity index (χ2v) is 4.20. The molecule has 0 fully saturated rings. The minimum atomic E-state index is 0.631. The molecule has 4 heteroatoms. The third kappa shape index (κ3) is 2.33. The number of benzene rings is 1. The molecule has 0 aliphatic rings. The lowest BCUT2D eigenvalue weighted by molar-refractivity contribution is 1.02. The number of halogens is 2. The largest absolute Gasteiger partial charge is 0.346 e. The van der Waals surface area contributed by atoms with Crippen molar-refractivity contribution < 1.29 is 0 Å². The molecule has 2 nitrogen and oxygen atoms in total. The van der Waals surface area contributed by atoms with Crippen molar-refractivity contribution >= 4 is 23.2 Å². The molecule has 15 heavy (non-hydrogen) atoms. The van der Waals surface area contributed by atoms with E-state index in [1.807, 2.05) is 25.1 Å². The minimum Gasteiger partial charge on any atom is -0.346 e. The number of aromatic nitrogens is 2. The van der Waals surface area contributed by atoms with Gasteiger partial charge in [-0.2, -0.15) is 0 Å². The maximum absolute atomic E-state index is 6.06. The minimum absolute atomic E-state index is 0.631. The van der Waals surface area contributed by atoms with E-state index in [1.54, 1.807) is 6.20 Å². The molecule has 0 aliphatic heterocycles. The van der Waals surface area contributed by atoms with Gasteiger partial charge in [0.2, 0.25) is 0 Å². The van der Waals surface area contributed by atoms with Crippen LogP contribution in [0.3, 0.4) is 0 Å². The summed E-state index contributed by atoms with van der Waals surface area (Å²) in [5.74, 6) is 0.877. The first-order valence-corrected chi connectivity index (χ1v) is 5.36. The van der Waals surface area contributed by atoms with Crippen molar-refractivity contribution in [1.29, 1.82) is 0 Å². The first-order valence-electron chi connectivity index (χ1n) is 4.60. The molecule has 0 saturated heterocycles. The van der Waals surface area contributed by atoms with Crippen molar-refractivity contribution in [3.05, 3.63) is 51.5 Å². The average Bonchev–Trinajstić information content (AvgIpc) is 2.58. The lowest BCUT2D eigenvalue weighted by Crippen LogP contribution is -1.93. The van der Waals surface area contributed by atoms with Crippen LogP contribution in [0.4, 0.5) is 0 Å². The van der Waals surface area contributed by atoms with Crippen LogP contribution in [-0.2, 0) is 6.42 Å². The van der Waals surface area contributed by atoms with Gasteiger partial charge in [0.05, 0.1) is 0 Å². The summed E-state index contributed by atoms with van der Waals surface area (Å²) in [4.78, 5) is 7.37. The molecule has 0 bridgehead atoms.